The number of fused-ring (bicyclic) bond motifs is 9. The highest BCUT2D eigenvalue weighted by Gasteiger charge is 2.21. The molecule has 14 rings (SSSR count). The summed E-state index contributed by atoms with van der Waals surface area (Å²) in [4.78, 5) is 15.8. The van der Waals surface area contributed by atoms with E-state index in [0.29, 0.717) is 17.5 Å². The van der Waals surface area contributed by atoms with Crippen molar-refractivity contribution in [3.63, 3.8) is 0 Å². The Morgan fingerprint density at radius 2 is 0.754 bits per heavy atom. The molecule has 4 aromatic heterocycles. The number of hydrogen-bond donors (Lipinski definition) is 0. The Kier molecular flexibility index (Phi) is 9.22. The van der Waals surface area contributed by atoms with Crippen LogP contribution in [0.3, 0.4) is 0 Å². The standard InChI is InChI=1S/C63H37N3OS2/c1-3-14-38(15-4-1)40-18-9-20-44(34-40)61-64-62(45-21-10-19-41(35-45)39-16-5-2-6-17-39)66-63(65-61)50-25-11-26-53-58(50)51-36-42(31-33-52(51)67-53)46-23-12-28-55-59(46)60-47(24-13-29-56(60)69-55)43-30-32-49-48-22-7-8-27-54(48)68-57(49)37-43/h1-37H. The molecule has 6 heteroatoms. The third-order valence-corrected chi connectivity index (χ3v) is 15.6. The van der Waals surface area contributed by atoms with E-state index >= 15 is 0 Å². The molecule has 0 saturated carbocycles. The second-order valence-electron chi connectivity index (χ2n) is 17.5. The molecule has 0 aliphatic carbocycles. The normalized spacial score (nSPS) is 11.8. The Morgan fingerprint density at radius 1 is 0.261 bits per heavy atom. The van der Waals surface area contributed by atoms with Gasteiger partial charge in [-0.1, -0.05) is 170 Å². The first-order chi connectivity index (χ1) is 34.2. The van der Waals surface area contributed by atoms with E-state index < -0.39 is 0 Å². The zero-order chi connectivity index (χ0) is 45.4. The molecule has 14 aromatic rings. The molecule has 322 valence electrons. The molecule has 0 atom stereocenters. The number of thiophene rings is 2. The summed E-state index contributed by atoms with van der Waals surface area (Å²) >= 11 is 3.72. The molecular weight excluding hydrogens is 879 g/mol. The van der Waals surface area contributed by atoms with E-state index in [1.807, 2.05) is 46.9 Å². The average Bonchev–Trinajstić information content (AvgIpc) is 4.12. The van der Waals surface area contributed by atoms with Gasteiger partial charge in [-0.3, -0.25) is 0 Å². The van der Waals surface area contributed by atoms with Gasteiger partial charge in [0, 0.05) is 67.8 Å². The van der Waals surface area contributed by atoms with Crippen molar-refractivity contribution in [1.82, 2.24) is 15.0 Å². The summed E-state index contributed by atoms with van der Waals surface area (Å²) in [5, 5.41) is 7.14. The van der Waals surface area contributed by atoms with E-state index in [4.69, 9.17) is 19.4 Å². The lowest BCUT2D eigenvalue weighted by Crippen LogP contribution is -2.00. The third kappa shape index (κ3) is 6.75. The fraction of sp³-hybridized carbons (Fsp3) is 0. The fourth-order valence-electron chi connectivity index (χ4n) is 10.1. The summed E-state index contributed by atoms with van der Waals surface area (Å²) < 4.78 is 11.8. The maximum atomic E-state index is 6.67. The molecule has 0 aliphatic rings. The van der Waals surface area contributed by atoms with Gasteiger partial charge in [0.25, 0.3) is 0 Å². The topological polar surface area (TPSA) is 51.8 Å². The van der Waals surface area contributed by atoms with Gasteiger partial charge in [0.15, 0.2) is 17.5 Å². The monoisotopic (exact) mass is 915 g/mol. The van der Waals surface area contributed by atoms with Crippen LogP contribution in [0, 0.1) is 0 Å². The molecule has 0 radical (unpaired) electrons. The SMILES string of the molecule is c1ccc(-c2cccc(-c3nc(-c4cccc(-c5ccccc5)c4)nc(-c4cccc5oc6ccc(-c7cccc8sc9cccc(-c%10ccc%11c(c%10)sc%10ccccc%10%11)c9c78)cc6c45)n3)c2)cc1. The van der Waals surface area contributed by atoms with E-state index in [-0.39, 0.29) is 0 Å². The van der Waals surface area contributed by atoms with Crippen molar-refractivity contribution < 1.29 is 4.42 Å². The third-order valence-electron chi connectivity index (χ3n) is 13.4. The second-order valence-corrected chi connectivity index (χ2v) is 19.6. The molecule has 4 heterocycles. The van der Waals surface area contributed by atoms with Crippen molar-refractivity contribution >= 4 is 85.0 Å². The minimum absolute atomic E-state index is 0.579. The van der Waals surface area contributed by atoms with Gasteiger partial charge in [-0.2, -0.15) is 0 Å². The van der Waals surface area contributed by atoms with Crippen LogP contribution in [0.4, 0.5) is 0 Å². The largest absolute Gasteiger partial charge is 0.456 e. The van der Waals surface area contributed by atoms with Crippen molar-refractivity contribution in [1.29, 1.82) is 0 Å². The molecule has 4 nitrogen and oxygen atoms in total. The van der Waals surface area contributed by atoms with E-state index in [0.717, 1.165) is 66.4 Å². The summed E-state index contributed by atoms with van der Waals surface area (Å²) in [6.07, 6.45) is 0. The molecule has 10 aromatic carbocycles. The van der Waals surface area contributed by atoms with Gasteiger partial charge < -0.3 is 4.42 Å². The molecule has 0 aliphatic heterocycles. The lowest BCUT2D eigenvalue weighted by Gasteiger charge is -2.11. The summed E-state index contributed by atoms with van der Waals surface area (Å²) in [5.74, 6) is 1.78. The van der Waals surface area contributed by atoms with E-state index in [1.165, 1.54) is 57.0 Å². The quantitative estimate of drug-likeness (QED) is 0.160. The maximum Gasteiger partial charge on any atom is 0.164 e. The lowest BCUT2D eigenvalue weighted by molar-refractivity contribution is 0.669. The predicted molar refractivity (Wildman–Crippen MR) is 291 cm³/mol. The van der Waals surface area contributed by atoms with Crippen LogP contribution in [0.15, 0.2) is 229 Å². The zero-order valence-electron chi connectivity index (χ0n) is 36.9. The highest BCUT2D eigenvalue weighted by Crippen LogP contribution is 2.47. The van der Waals surface area contributed by atoms with Crippen LogP contribution in [0.25, 0.3) is 141 Å². The van der Waals surface area contributed by atoms with Crippen molar-refractivity contribution in [2.75, 3.05) is 0 Å². The predicted octanol–water partition coefficient (Wildman–Crippen LogP) is 18.2. The number of benzene rings is 10. The first kappa shape index (κ1) is 39.6. The van der Waals surface area contributed by atoms with Gasteiger partial charge in [0.05, 0.1) is 0 Å². The molecule has 0 unspecified atom stereocenters. The maximum absolute atomic E-state index is 6.67. The minimum Gasteiger partial charge on any atom is -0.456 e. The van der Waals surface area contributed by atoms with Gasteiger partial charge in [-0.05, 0) is 99.1 Å². The van der Waals surface area contributed by atoms with E-state index in [1.54, 1.807) is 0 Å². The first-order valence-electron chi connectivity index (χ1n) is 23.1. The Morgan fingerprint density at radius 3 is 1.43 bits per heavy atom. The van der Waals surface area contributed by atoms with Crippen molar-refractivity contribution in [2.24, 2.45) is 0 Å². The van der Waals surface area contributed by atoms with Crippen molar-refractivity contribution in [2.45, 2.75) is 0 Å². The van der Waals surface area contributed by atoms with E-state index in [9.17, 15) is 0 Å². The summed E-state index contributed by atoms with van der Waals surface area (Å²) in [6.45, 7) is 0. The van der Waals surface area contributed by atoms with Crippen LogP contribution >= 0.6 is 22.7 Å². The van der Waals surface area contributed by atoms with Crippen LogP contribution in [0.5, 0.6) is 0 Å². The Bertz CT molecular complexity index is 4220. The first-order valence-corrected chi connectivity index (χ1v) is 24.7. The Balaban J connectivity index is 0.947. The van der Waals surface area contributed by atoms with Crippen molar-refractivity contribution in [3.8, 4) is 78.7 Å². The molecule has 0 bridgehead atoms. The molecule has 0 amide bonds. The number of hydrogen-bond acceptors (Lipinski definition) is 6. The summed E-state index contributed by atoms with van der Waals surface area (Å²) in [7, 11) is 0. The molecule has 0 saturated heterocycles. The highest BCUT2D eigenvalue weighted by molar-refractivity contribution is 7.26. The molecule has 0 spiro atoms. The molecule has 69 heavy (non-hydrogen) atoms. The number of furan rings is 1. The molecule has 0 N–H and O–H groups in total. The number of nitrogens with zero attached hydrogens (tertiary/aromatic N) is 3. The van der Waals surface area contributed by atoms with Crippen LogP contribution in [-0.2, 0) is 0 Å². The second kappa shape index (κ2) is 16.1. The lowest BCUT2D eigenvalue weighted by atomic mass is 9.93. The minimum atomic E-state index is 0.579. The van der Waals surface area contributed by atoms with Crippen LogP contribution < -0.4 is 0 Å². The van der Waals surface area contributed by atoms with Gasteiger partial charge >= 0.3 is 0 Å². The number of rotatable bonds is 7. The summed E-state index contributed by atoms with van der Waals surface area (Å²) in [6, 6.07) is 79.7. The van der Waals surface area contributed by atoms with Gasteiger partial charge in [0.1, 0.15) is 11.2 Å². The van der Waals surface area contributed by atoms with Gasteiger partial charge in [0.2, 0.25) is 0 Å². The fourth-order valence-corrected chi connectivity index (χ4v) is 12.4. The summed E-state index contributed by atoms with van der Waals surface area (Å²) in [5.41, 5.74) is 13.5. The Labute approximate surface area is 405 Å². The Hall–Kier alpha value is -8.55. The van der Waals surface area contributed by atoms with Gasteiger partial charge in [-0.25, -0.2) is 15.0 Å². The van der Waals surface area contributed by atoms with Crippen LogP contribution in [-0.4, -0.2) is 15.0 Å². The molecule has 0 fully saturated rings. The van der Waals surface area contributed by atoms with Crippen LogP contribution in [0.1, 0.15) is 0 Å². The highest BCUT2D eigenvalue weighted by atomic mass is 32.1. The molecular formula is C63H37N3OS2. The van der Waals surface area contributed by atoms with Crippen molar-refractivity contribution in [3.05, 3.63) is 224 Å². The average molecular weight is 916 g/mol. The zero-order valence-corrected chi connectivity index (χ0v) is 38.6. The van der Waals surface area contributed by atoms with Crippen LogP contribution in [0.2, 0.25) is 0 Å². The van der Waals surface area contributed by atoms with Gasteiger partial charge in [-0.15, -0.1) is 22.7 Å². The van der Waals surface area contributed by atoms with E-state index in [2.05, 4.69) is 200 Å². The smallest absolute Gasteiger partial charge is 0.164 e. The number of aromatic nitrogens is 3.